The number of nitrogens with zero attached hydrogens (tertiary/aromatic N) is 3. The van der Waals surface area contributed by atoms with Crippen molar-refractivity contribution < 1.29 is 9.53 Å². The van der Waals surface area contributed by atoms with Gasteiger partial charge in [-0.3, -0.25) is 4.79 Å². The second-order valence-corrected chi connectivity index (χ2v) is 7.81. The van der Waals surface area contributed by atoms with Crippen LogP contribution in [-0.2, 0) is 18.4 Å². The van der Waals surface area contributed by atoms with Crippen molar-refractivity contribution in [1.29, 1.82) is 0 Å². The van der Waals surface area contributed by atoms with Gasteiger partial charge in [0.25, 0.3) is 0 Å². The van der Waals surface area contributed by atoms with Crippen LogP contribution >= 0.6 is 35.0 Å². The van der Waals surface area contributed by atoms with Gasteiger partial charge in [0.1, 0.15) is 12.4 Å². The number of aromatic nitrogens is 3. The molecule has 1 aromatic heterocycles. The summed E-state index contributed by atoms with van der Waals surface area (Å²) in [7, 11) is 1.84. The lowest BCUT2D eigenvalue weighted by molar-refractivity contribution is -0.113. The van der Waals surface area contributed by atoms with Crippen molar-refractivity contribution in [3.8, 4) is 5.75 Å². The lowest BCUT2D eigenvalue weighted by Gasteiger charge is -2.08. The number of anilines is 1. The Morgan fingerprint density at radius 1 is 1.21 bits per heavy atom. The van der Waals surface area contributed by atoms with Gasteiger partial charge in [0, 0.05) is 12.1 Å². The molecule has 3 aromatic rings. The van der Waals surface area contributed by atoms with Crippen molar-refractivity contribution in [2.24, 2.45) is 7.05 Å². The molecule has 1 amide bonds. The summed E-state index contributed by atoms with van der Waals surface area (Å²) in [6.07, 6.45) is 0. The van der Waals surface area contributed by atoms with Crippen LogP contribution in [0.3, 0.4) is 0 Å². The van der Waals surface area contributed by atoms with Crippen molar-refractivity contribution in [2.75, 3.05) is 11.1 Å². The molecule has 0 aliphatic rings. The number of rotatable bonds is 7. The van der Waals surface area contributed by atoms with Crippen molar-refractivity contribution in [3.63, 3.8) is 0 Å². The zero-order valence-electron chi connectivity index (χ0n) is 15.3. The zero-order chi connectivity index (χ0) is 20.1. The molecule has 3 rings (SSSR count). The van der Waals surface area contributed by atoms with Crippen LogP contribution in [0.15, 0.2) is 47.6 Å². The Hall–Kier alpha value is -2.22. The number of benzene rings is 2. The third-order valence-corrected chi connectivity index (χ3v) is 5.39. The van der Waals surface area contributed by atoms with Crippen molar-refractivity contribution in [1.82, 2.24) is 14.8 Å². The third kappa shape index (κ3) is 5.41. The number of amides is 1. The van der Waals surface area contributed by atoms with Gasteiger partial charge in [0.15, 0.2) is 11.0 Å². The highest BCUT2D eigenvalue weighted by Crippen LogP contribution is 2.26. The maximum atomic E-state index is 12.2. The Morgan fingerprint density at radius 3 is 2.79 bits per heavy atom. The van der Waals surface area contributed by atoms with E-state index in [4.69, 9.17) is 27.9 Å². The van der Waals surface area contributed by atoms with E-state index in [1.807, 2.05) is 42.8 Å². The Kier molecular flexibility index (Phi) is 6.83. The molecule has 1 N–H and O–H groups in total. The number of hydrogen-bond donors (Lipinski definition) is 1. The van der Waals surface area contributed by atoms with E-state index in [1.165, 1.54) is 11.8 Å². The molecule has 28 heavy (non-hydrogen) atoms. The molecule has 0 fully saturated rings. The maximum absolute atomic E-state index is 12.2. The molecule has 0 aliphatic heterocycles. The molecule has 0 atom stereocenters. The fourth-order valence-electron chi connectivity index (χ4n) is 2.36. The number of ether oxygens (including phenoxy) is 1. The van der Waals surface area contributed by atoms with Gasteiger partial charge in [-0.25, -0.2) is 0 Å². The zero-order valence-corrected chi connectivity index (χ0v) is 17.6. The summed E-state index contributed by atoms with van der Waals surface area (Å²) in [5.74, 6) is 1.42. The quantitative estimate of drug-likeness (QED) is 0.541. The molecule has 0 saturated heterocycles. The van der Waals surface area contributed by atoms with E-state index < -0.39 is 0 Å². The lowest BCUT2D eigenvalue weighted by atomic mass is 10.2. The predicted molar refractivity (Wildman–Crippen MR) is 112 cm³/mol. The second kappa shape index (κ2) is 9.32. The van der Waals surface area contributed by atoms with E-state index in [0.717, 1.165) is 11.3 Å². The summed E-state index contributed by atoms with van der Waals surface area (Å²) >= 11 is 13.2. The summed E-state index contributed by atoms with van der Waals surface area (Å²) in [5, 5.41) is 12.5. The van der Waals surface area contributed by atoms with Crippen molar-refractivity contribution in [3.05, 3.63) is 63.9 Å². The van der Waals surface area contributed by atoms with E-state index in [-0.39, 0.29) is 11.7 Å². The smallest absolute Gasteiger partial charge is 0.234 e. The highest BCUT2D eigenvalue weighted by Gasteiger charge is 2.13. The molecule has 6 nitrogen and oxygen atoms in total. The number of halogens is 2. The number of nitrogens with one attached hydrogen (secondary N) is 1. The Balaban J connectivity index is 1.54. The number of carbonyl (C=O) groups is 1. The molecular formula is C19H18Cl2N4O2S. The summed E-state index contributed by atoms with van der Waals surface area (Å²) in [4.78, 5) is 12.2. The van der Waals surface area contributed by atoms with Crippen LogP contribution in [0.4, 0.5) is 5.69 Å². The molecule has 0 radical (unpaired) electrons. The van der Waals surface area contributed by atoms with Crippen molar-refractivity contribution >= 4 is 46.6 Å². The molecule has 1 heterocycles. The van der Waals surface area contributed by atoms with Gasteiger partial charge in [-0.2, -0.15) is 0 Å². The van der Waals surface area contributed by atoms with Gasteiger partial charge >= 0.3 is 0 Å². The molecule has 9 heteroatoms. The van der Waals surface area contributed by atoms with Crippen LogP contribution in [0.2, 0.25) is 10.0 Å². The van der Waals surface area contributed by atoms with Crippen LogP contribution < -0.4 is 10.1 Å². The van der Waals surface area contributed by atoms with E-state index in [1.54, 1.807) is 18.2 Å². The fourth-order valence-corrected chi connectivity index (χ4v) is 3.54. The predicted octanol–water partition coefficient (Wildman–Crippen LogP) is 4.74. The maximum Gasteiger partial charge on any atom is 0.234 e. The minimum absolute atomic E-state index is 0.170. The first kappa shape index (κ1) is 20.5. The average molecular weight is 437 g/mol. The normalized spacial score (nSPS) is 10.7. The first-order valence-electron chi connectivity index (χ1n) is 8.38. The molecular weight excluding hydrogens is 419 g/mol. The van der Waals surface area contributed by atoms with E-state index in [2.05, 4.69) is 15.5 Å². The average Bonchev–Trinajstić information content (AvgIpc) is 3.00. The molecule has 0 saturated carbocycles. The van der Waals surface area contributed by atoms with Crippen LogP contribution in [0.5, 0.6) is 5.75 Å². The standard InChI is InChI=1S/C19H18Cl2N4O2S/c1-12-4-3-5-14(8-12)27-10-17-23-24-19(25(17)2)28-11-18(26)22-16-7-6-13(20)9-15(16)21/h3-9H,10-11H2,1-2H3,(H,22,26). The minimum atomic E-state index is -0.199. The summed E-state index contributed by atoms with van der Waals surface area (Å²) in [5.41, 5.74) is 1.64. The summed E-state index contributed by atoms with van der Waals surface area (Å²) in [6.45, 7) is 2.30. The number of hydrogen-bond acceptors (Lipinski definition) is 5. The second-order valence-electron chi connectivity index (χ2n) is 6.02. The summed E-state index contributed by atoms with van der Waals surface area (Å²) in [6, 6.07) is 12.7. The summed E-state index contributed by atoms with van der Waals surface area (Å²) < 4.78 is 7.57. The van der Waals surface area contributed by atoms with Gasteiger partial charge in [-0.1, -0.05) is 47.1 Å². The Morgan fingerprint density at radius 2 is 2.04 bits per heavy atom. The van der Waals surface area contributed by atoms with Gasteiger partial charge in [0.2, 0.25) is 5.91 Å². The highest BCUT2D eigenvalue weighted by molar-refractivity contribution is 7.99. The molecule has 146 valence electrons. The molecule has 0 unspecified atom stereocenters. The van der Waals surface area contributed by atoms with Crippen LogP contribution in [0.25, 0.3) is 0 Å². The monoisotopic (exact) mass is 436 g/mol. The fraction of sp³-hybridized carbons (Fsp3) is 0.211. The molecule has 0 spiro atoms. The largest absolute Gasteiger partial charge is 0.486 e. The lowest BCUT2D eigenvalue weighted by Crippen LogP contribution is -2.15. The Labute approximate surface area is 177 Å². The van der Waals surface area contributed by atoms with E-state index in [9.17, 15) is 4.79 Å². The first-order valence-corrected chi connectivity index (χ1v) is 10.1. The highest BCUT2D eigenvalue weighted by atomic mass is 35.5. The van der Waals surface area contributed by atoms with Crippen molar-refractivity contribution in [2.45, 2.75) is 18.7 Å². The molecule has 2 aromatic carbocycles. The van der Waals surface area contributed by atoms with Crippen LogP contribution in [0, 0.1) is 6.92 Å². The minimum Gasteiger partial charge on any atom is -0.486 e. The van der Waals surface area contributed by atoms with Gasteiger partial charge in [-0.15, -0.1) is 10.2 Å². The Bertz CT molecular complexity index is 994. The van der Waals surface area contributed by atoms with Gasteiger partial charge in [-0.05, 0) is 42.8 Å². The topological polar surface area (TPSA) is 69.0 Å². The van der Waals surface area contributed by atoms with Crippen LogP contribution in [0.1, 0.15) is 11.4 Å². The number of thioether (sulfide) groups is 1. The van der Waals surface area contributed by atoms with E-state index in [0.29, 0.717) is 33.3 Å². The number of aryl methyl sites for hydroxylation is 1. The molecule has 0 bridgehead atoms. The van der Waals surface area contributed by atoms with Gasteiger partial charge < -0.3 is 14.6 Å². The number of carbonyl (C=O) groups excluding carboxylic acids is 1. The SMILES string of the molecule is Cc1cccc(OCc2nnc(SCC(=O)Nc3ccc(Cl)cc3Cl)n2C)c1. The van der Waals surface area contributed by atoms with Crippen LogP contribution in [-0.4, -0.2) is 26.4 Å². The van der Waals surface area contributed by atoms with Gasteiger partial charge in [0.05, 0.1) is 16.5 Å². The first-order chi connectivity index (χ1) is 13.4. The van der Waals surface area contributed by atoms with E-state index >= 15 is 0 Å². The molecule has 0 aliphatic carbocycles. The third-order valence-electron chi connectivity index (χ3n) is 3.82.